The molecular formula is C11H20O3. The van der Waals surface area contributed by atoms with Gasteiger partial charge in [-0.3, -0.25) is 4.79 Å². The molecule has 0 radical (unpaired) electrons. The SMILES string of the molecule is CC1OC(C(=O)CO)C(C)(C)C1(C)C. The number of ether oxygens (including phenoxy) is 1. The Labute approximate surface area is 85.5 Å². The van der Waals surface area contributed by atoms with Gasteiger partial charge in [0.2, 0.25) is 0 Å². The van der Waals surface area contributed by atoms with Gasteiger partial charge in [0.1, 0.15) is 12.7 Å². The van der Waals surface area contributed by atoms with Gasteiger partial charge in [-0.05, 0) is 12.3 Å². The molecule has 2 unspecified atom stereocenters. The monoisotopic (exact) mass is 200 g/mol. The Morgan fingerprint density at radius 1 is 1.29 bits per heavy atom. The maximum Gasteiger partial charge on any atom is 0.187 e. The molecule has 0 bridgehead atoms. The van der Waals surface area contributed by atoms with Crippen LogP contribution >= 0.6 is 0 Å². The van der Waals surface area contributed by atoms with Crippen molar-refractivity contribution >= 4 is 5.78 Å². The zero-order valence-corrected chi connectivity index (χ0v) is 9.63. The minimum Gasteiger partial charge on any atom is -0.388 e. The zero-order chi connectivity index (χ0) is 11.1. The van der Waals surface area contributed by atoms with Gasteiger partial charge in [0.15, 0.2) is 5.78 Å². The van der Waals surface area contributed by atoms with Crippen molar-refractivity contribution in [3.05, 3.63) is 0 Å². The van der Waals surface area contributed by atoms with Gasteiger partial charge in [-0.25, -0.2) is 0 Å². The number of aliphatic hydroxyl groups is 1. The van der Waals surface area contributed by atoms with Crippen LogP contribution in [-0.2, 0) is 9.53 Å². The van der Waals surface area contributed by atoms with Gasteiger partial charge < -0.3 is 9.84 Å². The molecular weight excluding hydrogens is 180 g/mol. The Morgan fingerprint density at radius 2 is 1.79 bits per heavy atom. The maximum atomic E-state index is 11.5. The molecule has 1 heterocycles. The molecule has 1 rings (SSSR count). The maximum absolute atomic E-state index is 11.5. The van der Waals surface area contributed by atoms with E-state index in [9.17, 15) is 4.79 Å². The van der Waals surface area contributed by atoms with E-state index in [1.54, 1.807) is 0 Å². The van der Waals surface area contributed by atoms with Crippen LogP contribution in [-0.4, -0.2) is 29.7 Å². The summed E-state index contributed by atoms with van der Waals surface area (Å²) in [7, 11) is 0. The first-order chi connectivity index (χ1) is 6.25. The van der Waals surface area contributed by atoms with E-state index in [0.29, 0.717) is 0 Å². The average Bonchev–Trinajstić information content (AvgIpc) is 2.25. The number of ketones is 1. The molecule has 1 saturated heterocycles. The fourth-order valence-electron chi connectivity index (χ4n) is 1.97. The molecule has 0 amide bonds. The third kappa shape index (κ3) is 1.39. The molecule has 1 fully saturated rings. The predicted molar refractivity (Wildman–Crippen MR) is 54.0 cm³/mol. The van der Waals surface area contributed by atoms with Crippen molar-refractivity contribution in [2.24, 2.45) is 10.8 Å². The van der Waals surface area contributed by atoms with Gasteiger partial charge in [0.25, 0.3) is 0 Å². The van der Waals surface area contributed by atoms with Crippen molar-refractivity contribution in [2.45, 2.75) is 46.8 Å². The lowest BCUT2D eigenvalue weighted by Gasteiger charge is -2.37. The van der Waals surface area contributed by atoms with Crippen LogP contribution in [0.5, 0.6) is 0 Å². The highest BCUT2D eigenvalue weighted by Gasteiger charge is 2.56. The summed E-state index contributed by atoms with van der Waals surface area (Å²) in [5, 5.41) is 8.85. The highest BCUT2D eigenvalue weighted by atomic mass is 16.5. The molecule has 2 atom stereocenters. The number of hydrogen-bond donors (Lipinski definition) is 1. The first-order valence-electron chi connectivity index (χ1n) is 5.04. The van der Waals surface area contributed by atoms with E-state index in [1.807, 2.05) is 20.8 Å². The summed E-state index contributed by atoms with van der Waals surface area (Å²) < 4.78 is 5.63. The van der Waals surface area contributed by atoms with Gasteiger partial charge in [-0.2, -0.15) is 0 Å². The summed E-state index contributed by atoms with van der Waals surface area (Å²) >= 11 is 0. The van der Waals surface area contributed by atoms with E-state index in [2.05, 4.69) is 13.8 Å². The van der Waals surface area contributed by atoms with Crippen LogP contribution in [0.3, 0.4) is 0 Å². The van der Waals surface area contributed by atoms with Crippen molar-refractivity contribution in [1.82, 2.24) is 0 Å². The van der Waals surface area contributed by atoms with Gasteiger partial charge >= 0.3 is 0 Å². The minimum absolute atomic E-state index is 0.0398. The highest BCUT2D eigenvalue weighted by molar-refractivity contribution is 5.85. The second-order valence-electron chi connectivity index (χ2n) is 5.23. The summed E-state index contributed by atoms with van der Waals surface area (Å²) in [6.45, 7) is 9.79. The molecule has 0 spiro atoms. The van der Waals surface area contributed by atoms with Crippen LogP contribution in [0.2, 0.25) is 0 Å². The summed E-state index contributed by atoms with van der Waals surface area (Å²) in [6.07, 6.45) is -0.435. The number of carbonyl (C=O) groups excluding carboxylic acids is 1. The zero-order valence-electron chi connectivity index (χ0n) is 9.63. The first kappa shape index (κ1) is 11.7. The van der Waals surface area contributed by atoms with Crippen molar-refractivity contribution in [3.8, 4) is 0 Å². The number of Topliss-reactive ketones (excluding diaryl/α,β-unsaturated/α-hetero) is 1. The molecule has 1 aliphatic heterocycles. The molecule has 0 aromatic rings. The lowest BCUT2D eigenvalue weighted by Crippen LogP contribution is -2.42. The molecule has 3 nitrogen and oxygen atoms in total. The molecule has 14 heavy (non-hydrogen) atoms. The van der Waals surface area contributed by atoms with Gasteiger partial charge in [-0.15, -0.1) is 0 Å². The Kier molecular flexibility index (Phi) is 2.76. The number of aliphatic hydroxyl groups excluding tert-OH is 1. The second-order valence-corrected chi connectivity index (χ2v) is 5.23. The second kappa shape index (κ2) is 3.31. The lowest BCUT2D eigenvalue weighted by atomic mass is 9.64. The molecule has 0 aromatic heterocycles. The summed E-state index contributed by atoms with van der Waals surface area (Å²) in [4.78, 5) is 11.5. The van der Waals surface area contributed by atoms with Crippen LogP contribution in [0.1, 0.15) is 34.6 Å². The van der Waals surface area contributed by atoms with E-state index >= 15 is 0 Å². The molecule has 0 saturated carbocycles. The predicted octanol–water partition coefficient (Wildman–Crippen LogP) is 1.39. The van der Waals surface area contributed by atoms with Crippen molar-refractivity contribution in [3.63, 3.8) is 0 Å². The van der Waals surface area contributed by atoms with E-state index < -0.39 is 12.7 Å². The van der Waals surface area contributed by atoms with Gasteiger partial charge in [0, 0.05) is 5.41 Å². The number of rotatable bonds is 2. The largest absolute Gasteiger partial charge is 0.388 e. The Hall–Kier alpha value is -0.410. The molecule has 3 heteroatoms. The minimum atomic E-state index is -0.475. The van der Waals surface area contributed by atoms with Crippen LogP contribution in [0.4, 0.5) is 0 Å². The van der Waals surface area contributed by atoms with Gasteiger partial charge in [0.05, 0.1) is 6.10 Å². The third-order valence-electron chi connectivity index (χ3n) is 4.12. The Balaban J connectivity index is 2.99. The van der Waals surface area contributed by atoms with Crippen molar-refractivity contribution < 1.29 is 14.6 Å². The highest BCUT2D eigenvalue weighted by Crippen LogP contribution is 2.52. The fourth-order valence-corrected chi connectivity index (χ4v) is 1.97. The molecule has 1 aliphatic rings. The molecule has 1 N–H and O–H groups in total. The molecule has 0 aromatic carbocycles. The summed E-state index contributed by atoms with van der Waals surface area (Å²) in [5.41, 5.74) is -0.283. The van der Waals surface area contributed by atoms with Crippen LogP contribution < -0.4 is 0 Å². The third-order valence-corrected chi connectivity index (χ3v) is 4.12. The topological polar surface area (TPSA) is 46.5 Å². The van der Waals surface area contributed by atoms with Crippen LogP contribution in [0.15, 0.2) is 0 Å². The van der Waals surface area contributed by atoms with E-state index in [1.165, 1.54) is 0 Å². The quantitative estimate of drug-likeness (QED) is 0.732. The van der Waals surface area contributed by atoms with Crippen molar-refractivity contribution in [1.29, 1.82) is 0 Å². The summed E-state index contributed by atoms with van der Waals surface area (Å²) in [6, 6.07) is 0. The lowest BCUT2D eigenvalue weighted by molar-refractivity contribution is -0.136. The van der Waals surface area contributed by atoms with E-state index in [0.717, 1.165) is 0 Å². The summed E-state index contributed by atoms with van der Waals surface area (Å²) in [5.74, 6) is -0.215. The fraction of sp³-hybridized carbons (Fsp3) is 0.909. The number of carbonyl (C=O) groups is 1. The first-order valence-corrected chi connectivity index (χ1v) is 5.04. The van der Waals surface area contributed by atoms with Crippen LogP contribution in [0.25, 0.3) is 0 Å². The van der Waals surface area contributed by atoms with Crippen LogP contribution in [0, 0.1) is 10.8 Å². The smallest absolute Gasteiger partial charge is 0.187 e. The number of hydrogen-bond acceptors (Lipinski definition) is 3. The Bertz CT molecular complexity index is 243. The van der Waals surface area contributed by atoms with E-state index in [4.69, 9.17) is 9.84 Å². The normalized spacial score (nSPS) is 34.4. The Morgan fingerprint density at radius 3 is 2.07 bits per heavy atom. The molecule has 82 valence electrons. The van der Waals surface area contributed by atoms with E-state index in [-0.39, 0.29) is 22.7 Å². The van der Waals surface area contributed by atoms with Gasteiger partial charge in [-0.1, -0.05) is 27.7 Å². The average molecular weight is 200 g/mol. The molecule has 0 aliphatic carbocycles. The van der Waals surface area contributed by atoms with Crippen molar-refractivity contribution in [2.75, 3.05) is 6.61 Å². The standard InChI is InChI=1S/C11H20O3/c1-7-10(2,3)11(4,5)9(14-7)8(13)6-12/h7,9,12H,6H2,1-5H3.